The van der Waals surface area contributed by atoms with Gasteiger partial charge in [-0.3, -0.25) is 9.88 Å². The first kappa shape index (κ1) is 11.1. The second-order valence-corrected chi connectivity index (χ2v) is 5.51. The van der Waals surface area contributed by atoms with Crippen molar-refractivity contribution in [1.29, 1.82) is 0 Å². The molecule has 15 heavy (non-hydrogen) atoms. The van der Waals surface area contributed by atoms with Crippen molar-refractivity contribution in [2.45, 2.75) is 24.7 Å². The molecule has 1 aromatic heterocycles. The van der Waals surface area contributed by atoms with Crippen molar-refractivity contribution in [3.05, 3.63) is 30.1 Å². The highest BCUT2D eigenvalue weighted by molar-refractivity contribution is 9.09. The zero-order valence-electron chi connectivity index (χ0n) is 9.06. The molecule has 1 fully saturated rings. The molecule has 0 amide bonds. The summed E-state index contributed by atoms with van der Waals surface area (Å²) in [7, 11) is 0. The number of pyridine rings is 1. The van der Waals surface area contributed by atoms with Crippen LogP contribution in [0.5, 0.6) is 0 Å². The van der Waals surface area contributed by atoms with Crippen molar-refractivity contribution < 1.29 is 0 Å². The van der Waals surface area contributed by atoms with E-state index in [2.05, 4.69) is 44.9 Å². The van der Waals surface area contributed by atoms with Gasteiger partial charge in [0.2, 0.25) is 0 Å². The van der Waals surface area contributed by atoms with E-state index in [1.165, 1.54) is 25.2 Å². The smallest absolute Gasteiger partial charge is 0.0543 e. The Morgan fingerprint density at radius 1 is 1.53 bits per heavy atom. The maximum atomic E-state index is 4.36. The Hall–Kier alpha value is -0.410. The fourth-order valence-electron chi connectivity index (χ4n) is 2.07. The SMILES string of the molecule is CC1CN(Cc2ccccn2)CCC1Br. The first-order valence-electron chi connectivity index (χ1n) is 5.52. The van der Waals surface area contributed by atoms with Gasteiger partial charge < -0.3 is 0 Å². The summed E-state index contributed by atoms with van der Waals surface area (Å²) >= 11 is 3.72. The van der Waals surface area contributed by atoms with E-state index in [1.807, 2.05) is 12.3 Å². The fraction of sp³-hybridized carbons (Fsp3) is 0.583. The molecule has 0 N–H and O–H groups in total. The van der Waals surface area contributed by atoms with Gasteiger partial charge in [-0.25, -0.2) is 0 Å². The van der Waals surface area contributed by atoms with Crippen LogP contribution in [0.15, 0.2) is 24.4 Å². The summed E-state index contributed by atoms with van der Waals surface area (Å²) in [6.45, 7) is 5.65. The van der Waals surface area contributed by atoms with E-state index >= 15 is 0 Å². The van der Waals surface area contributed by atoms with Crippen LogP contribution in [0, 0.1) is 5.92 Å². The van der Waals surface area contributed by atoms with Crippen LogP contribution < -0.4 is 0 Å². The molecule has 82 valence electrons. The molecule has 0 bridgehead atoms. The zero-order valence-corrected chi connectivity index (χ0v) is 10.7. The van der Waals surface area contributed by atoms with Crippen LogP contribution in [0.2, 0.25) is 0 Å². The number of aromatic nitrogens is 1. The second kappa shape index (κ2) is 5.08. The van der Waals surface area contributed by atoms with E-state index in [0.29, 0.717) is 4.83 Å². The van der Waals surface area contributed by atoms with Gasteiger partial charge in [-0.2, -0.15) is 0 Å². The predicted molar refractivity (Wildman–Crippen MR) is 66.0 cm³/mol. The molecule has 0 aromatic carbocycles. The van der Waals surface area contributed by atoms with Crippen molar-refractivity contribution in [3.8, 4) is 0 Å². The quantitative estimate of drug-likeness (QED) is 0.767. The summed E-state index contributed by atoms with van der Waals surface area (Å²) in [6.07, 6.45) is 3.12. The lowest BCUT2D eigenvalue weighted by atomic mass is 10.00. The minimum absolute atomic E-state index is 0.692. The number of piperidine rings is 1. The van der Waals surface area contributed by atoms with Crippen LogP contribution in [0.25, 0.3) is 0 Å². The highest BCUT2D eigenvalue weighted by atomic mass is 79.9. The van der Waals surface area contributed by atoms with Gasteiger partial charge in [-0.15, -0.1) is 0 Å². The Morgan fingerprint density at radius 3 is 3.07 bits per heavy atom. The van der Waals surface area contributed by atoms with Crippen LogP contribution in [0.3, 0.4) is 0 Å². The number of halogens is 1. The van der Waals surface area contributed by atoms with Gasteiger partial charge in [0, 0.05) is 24.1 Å². The normalized spacial score (nSPS) is 27.9. The third-order valence-electron chi connectivity index (χ3n) is 3.00. The fourth-order valence-corrected chi connectivity index (χ4v) is 2.44. The van der Waals surface area contributed by atoms with Gasteiger partial charge in [0.25, 0.3) is 0 Å². The van der Waals surface area contributed by atoms with Gasteiger partial charge in [-0.05, 0) is 31.0 Å². The van der Waals surface area contributed by atoms with Crippen molar-refractivity contribution in [1.82, 2.24) is 9.88 Å². The second-order valence-electron chi connectivity index (χ2n) is 4.34. The molecule has 3 heteroatoms. The Kier molecular flexibility index (Phi) is 3.76. The molecular weight excluding hydrogens is 252 g/mol. The molecule has 2 rings (SSSR count). The van der Waals surface area contributed by atoms with Crippen LogP contribution in [-0.4, -0.2) is 27.8 Å². The van der Waals surface area contributed by atoms with Gasteiger partial charge in [0.1, 0.15) is 0 Å². The number of hydrogen-bond donors (Lipinski definition) is 0. The molecule has 2 nitrogen and oxygen atoms in total. The molecule has 1 aromatic rings. The summed E-state index contributed by atoms with van der Waals surface area (Å²) in [4.78, 5) is 7.55. The van der Waals surface area contributed by atoms with Crippen LogP contribution in [-0.2, 0) is 6.54 Å². The summed E-state index contributed by atoms with van der Waals surface area (Å²) in [5.41, 5.74) is 1.18. The third kappa shape index (κ3) is 3.02. The average molecular weight is 269 g/mol. The van der Waals surface area contributed by atoms with E-state index in [-0.39, 0.29) is 0 Å². The van der Waals surface area contributed by atoms with Gasteiger partial charge in [-0.1, -0.05) is 28.9 Å². The maximum Gasteiger partial charge on any atom is 0.0543 e. The van der Waals surface area contributed by atoms with Crippen LogP contribution in [0.4, 0.5) is 0 Å². The maximum absolute atomic E-state index is 4.36. The first-order valence-corrected chi connectivity index (χ1v) is 6.43. The van der Waals surface area contributed by atoms with Gasteiger partial charge in [0.15, 0.2) is 0 Å². The van der Waals surface area contributed by atoms with Crippen molar-refractivity contribution in [2.75, 3.05) is 13.1 Å². The number of likely N-dealkylation sites (tertiary alicyclic amines) is 1. The van der Waals surface area contributed by atoms with Crippen molar-refractivity contribution in [2.24, 2.45) is 5.92 Å². The Balaban J connectivity index is 1.91. The van der Waals surface area contributed by atoms with Gasteiger partial charge in [0.05, 0.1) is 5.69 Å². The summed E-state index contributed by atoms with van der Waals surface area (Å²) in [5.74, 6) is 0.738. The molecule has 0 radical (unpaired) electrons. The van der Waals surface area contributed by atoms with Crippen LogP contribution >= 0.6 is 15.9 Å². The number of nitrogens with zero attached hydrogens (tertiary/aromatic N) is 2. The minimum Gasteiger partial charge on any atom is -0.297 e. The Bertz CT molecular complexity index is 302. The molecule has 0 saturated carbocycles. The first-order chi connectivity index (χ1) is 7.25. The molecule has 0 spiro atoms. The number of alkyl halides is 1. The standard InChI is InChI=1S/C12H17BrN2/c1-10-8-15(7-5-12(10)13)9-11-4-2-3-6-14-11/h2-4,6,10,12H,5,7-9H2,1H3. The predicted octanol–water partition coefficient (Wildman–Crippen LogP) is 2.69. The molecule has 0 aliphatic carbocycles. The van der Waals surface area contributed by atoms with Crippen molar-refractivity contribution >= 4 is 15.9 Å². The van der Waals surface area contributed by atoms with E-state index in [0.717, 1.165) is 12.5 Å². The van der Waals surface area contributed by atoms with E-state index in [4.69, 9.17) is 0 Å². The van der Waals surface area contributed by atoms with Gasteiger partial charge >= 0.3 is 0 Å². The highest BCUT2D eigenvalue weighted by Crippen LogP contribution is 2.23. The zero-order chi connectivity index (χ0) is 10.7. The lowest BCUT2D eigenvalue weighted by Gasteiger charge is -2.34. The van der Waals surface area contributed by atoms with Crippen LogP contribution in [0.1, 0.15) is 19.0 Å². The molecule has 2 atom stereocenters. The molecule has 2 heterocycles. The Morgan fingerprint density at radius 2 is 2.40 bits per heavy atom. The summed E-state index contributed by atoms with van der Waals surface area (Å²) in [5, 5.41) is 0. The van der Waals surface area contributed by atoms with E-state index in [1.54, 1.807) is 0 Å². The summed E-state index contributed by atoms with van der Waals surface area (Å²) in [6, 6.07) is 6.13. The highest BCUT2D eigenvalue weighted by Gasteiger charge is 2.23. The largest absolute Gasteiger partial charge is 0.297 e. The van der Waals surface area contributed by atoms with E-state index in [9.17, 15) is 0 Å². The molecule has 2 unspecified atom stereocenters. The lowest BCUT2D eigenvalue weighted by Crippen LogP contribution is -2.39. The number of hydrogen-bond acceptors (Lipinski definition) is 2. The Labute approximate surface area is 99.8 Å². The third-order valence-corrected chi connectivity index (χ3v) is 4.36. The lowest BCUT2D eigenvalue weighted by molar-refractivity contribution is 0.182. The minimum atomic E-state index is 0.692. The van der Waals surface area contributed by atoms with E-state index < -0.39 is 0 Å². The molecule has 1 saturated heterocycles. The summed E-state index contributed by atoms with van der Waals surface area (Å²) < 4.78 is 0. The monoisotopic (exact) mass is 268 g/mol. The molecule has 1 aliphatic heterocycles. The molecule has 1 aliphatic rings. The molecular formula is C12H17BrN2. The topological polar surface area (TPSA) is 16.1 Å². The van der Waals surface area contributed by atoms with Crippen molar-refractivity contribution in [3.63, 3.8) is 0 Å². The average Bonchev–Trinajstić information content (AvgIpc) is 2.25. The number of rotatable bonds is 2.